The van der Waals surface area contributed by atoms with Crippen LogP contribution in [0.25, 0.3) is 6.08 Å². The molecule has 6 heteroatoms. The molecule has 0 spiro atoms. The fourth-order valence-corrected chi connectivity index (χ4v) is 3.69. The summed E-state index contributed by atoms with van der Waals surface area (Å²) in [5, 5.41) is 2.72. The van der Waals surface area contributed by atoms with Crippen molar-refractivity contribution in [1.29, 1.82) is 0 Å². The Morgan fingerprint density at radius 2 is 1.42 bits per heavy atom. The standard InChI is InChI=1S/C32H29NO5/c1-23(34)33-27-13-19-32(38-22-26-10-14-28(36-2)15-11-26)30(20-27)31(35)18-12-24-8-16-29(17-9-24)37-21-25-6-4-3-5-7-25/h3-20H,21-22H2,1-2H3,(H,33,34). The van der Waals surface area contributed by atoms with E-state index in [2.05, 4.69) is 5.32 Å². The molecule has 1 amide bonds. The maximum Gasteiger partial charge on any atom is 0.221 e. The van der Waals surface area contributed by atoms with Crippen LogP contribution in [0.15, 0.2) is 103 Å². The van der Waals surface area contributed by atoms with E-state index in [9.17, 15) is 9.59 Å². The van der Waals surface area contributed by atoms with Gasteiger partial charge in [-0.3, -0.25) is 9.59 Å². The van der Waals surface area contributed by atoms with E-state index in [1.165, 1.54) is 13.0 Å². The summed E-state index contributed by atoms with van der Waals surface area (Å²) in [7, 11) is 1.61. The highest BCUT2D eigenvalue weighted by molar-refractivity contribution is 6.09. The molecule has 38 heavy (non-hydrogen) atoms. The van der Waals surface area contributed by atoms with Gasteiger partial charge in [-0.25, -0.2) is 0 Å². The molecule has 0 aliphatic heterocycles. The minimum Gasteiger partial charge on any atom is -0.497 e. The third-order valence-corrected chi connectivity index (χ3v) is 5.67. The summed E-state index contributed by atoms with van der Waals surface area (Å²) in [6.45, 7) is 2.18. The van der Waals surface area contributed by atoms with E-state index < -0.39 is 0 Å². The van der Waals surface area contributed by atoms with Gasteiger partial charge in [0.25, 0.3) is 0 Å². The van der Waals surface area contributed by atoms with Gasteiger partial charge >= 0.3 is 0 Å². The third-order valence-electron chi connectivity index (χ3n) is 5.67. The van der Waals surface area contributed by atoms with E-state index >= 15 is 0 Å². The maximum atomic E-state index is 13.2. The number of carbonyl (C=O) groups is 2. The van der Waals surface area contributed by atoms with Crippen molar-refractivity contribution in [2.75, 3.05) is 12.4 Å². The zero-order valence-electron chi connectivity index (χ0n) is 21.3. The lowest BCUT2D eigenvalue weighted by Crippen LogP contribution is -2.08. The Morgan fingerprint density at radius 1 is 0.763 bits per heavy atom. The smallest absolute Gasteiger partial charge is 0.221 e. The molecule has 0 aliphatic carbocycles. The first-order valence-electron chi connectivity index (χ1n) is 12.2. The number of benzene rings is 4. The van der Waals surface area contributed by atoms with Crippen LogP contribution in [0.1, 0.15) is 34.0 Å². The summed E-state index contributed by atoms with van der Waals surface area (Å²) >= 11 is 0. The van der Waals surface area contributed by atoms with Crippen LogP contribution in [0.2, 0.25) is 0 Å². The maximum absolute atomic E-state index is 13.2. The predicted octanol–water partition coefficient (Wildman–Crippen LogP) is 6.71. The van der Waals surface area contributed by atoms with Crippen molar-refractivity contribution >= 4 is 23.5 Å². The number of hydrogen-bond acceptors (Lipinski definition) is 5. The number of anilines is 1. The summed E-state index contributed by atoms with van der Waals surface area (Å²) in [6.07, 6.45) is 3.23. The van der Waals surface area contributed by atoms with Crippen molar-refractivity contribution in [3.63, 3.8) is 0 Å². The highest BCUT2D eigenvalue weighted by Crippen LogP contribution is 2.26. The molecule has 0 saturated heterocycles. The summed E-state index contributed by atoms with van der Waals surface area (Å²) in [6, 6.07) is 30.0. The number of nitrogens with one attached hydrogen (secondary N) is 1. The lowest BCUT2D eigenvalue weighted by Gasteiger charge is -2.12. The Labute approximate surface area is 222 Å². The van der Waals surface area contributed by atoms with Crippen LogP contribution >= 0.6 is 0 Å². The molecule has 0 aliphatic rings. The summed E-state index contributed by atoms with van der Waals surface area (Å²) in [4.78, 5) is 24.7. The van der Waals surface area contributed by atoms with Gasteiger partial charge in [0.15, 0.2) is 5.78 Å². The third kappa shape index (κ3) is 7.58. The molecular weight excluding hydrogens is 478 g/mol. The normalized spacial score (nSPS) is 10.7. The Kier molecular flexibility index (Phi) is 8.92. The predicted molar refractivity (Wildman–Crippen MR) is 149 cm³/mol. The number of allylic oxidation sites excluding steroid dienone is 1. The van der Waals surface area contributed by atoms with Gasteiger partial charge < -0.3 is 19.5 Å². The van der Waals surface area contributed by atoms with Crippen LogP contribution in [-0.2, 0) is 18.0 Å². The number of carbonyl (C=O) groups excluding carboxylic acids is 2. The van der Waals surface area contributed by atoms with Crippen LogP contribution in [0, 0.1) is 0 Å². The molecule has 1 N–H and O–H groups in total. The number of amides is 1. The second-order valence-corrected chi connectivity index (χ2v) is 8.57. The molecular formula is C32H29NO5. The molecule has 0 heterocycles. The molecule has 0 saturated carbocycles. The number of ketones is 1. The summed E-state index contributed by atoms with van der Waals surface area (Å²) in [5.74, 6) is 1.46. The first-order valence-corrected chi connectivity index (χ1v) is 12.2. The van der Waals surface area contributed by atoms with Gasteiger partial charge in [0.05, 0.1) is 12.7 Å². The molecule has 0 bridgehead atoms. The fourth-order valence-electron chi connectivity index (χ4n) is 3.69. The Hall–Kier alpha value is -4.84. The largest absolute Gasteiger partial charge is 0.497 e. The van der Waals surface area contributed by atoms with Crippen molar-refractivity contribution in [3.8, 4) is 17.2 Å². The Balaban J connectivity index is 1.45. The zero-order chi connectivity index (χ0) is 26.7. The van der Waals surface area contributed by atoms with E-state index in [0.717, 1.165) is 28.2 Å². The van der Waals surface area contributed by atoms with Crippen molar-refractivity contribution in [2.24, 2.45) is 0 Å². The van der Waals surface area contributed by atoms with Crippen molar-refractivity contribution in [1.82, 2.24) is 0 Å². The number of ether oxygens (including phenoxy) is 3. The molecule has 0 fully saturated rings. The average molecular weight is 508 g/mol. The topological polar surface area (TPSA) is 73.9 Å². The fraction of sp³-hybridized carbons (Fsp3) is 0.125. The van der Waals surface area contributed by atoms with Gasteiger partial charge in [-0.1, -0.05) is 60.7 Å². The minimum atomic E-state index is -0.244. The van der Waals surface area contributed by atoms with Crippen molar-refractivity contribution < 1.29 is 23.8 Å². The van der Waals surface area contributed by atoms with Crippen LogP contribution in [0.5, 0.6) is 17.2 Å². The molecule has 4 aromatic carbocycles. The van der Waals surface area contributed by atoms with Crippen LogP contribution in [-0.4, -0.2) is 18.8 Å². The number of methoxy groups -OCH3 is 1. The lowest BCUT2D eigenvalue weighted by atomic mass is 10.1. The highest BCUT2D eigenvalue weighted by atomic mass is 16.5. The molecule has 0 unspecified atom stereocenters. The van der Waals surface area contributed by atoms with Gasteiger partial charge in [-0.05, 0) is 65.2 Å². The van der Waals surface area contributed by atoms with Gasteiger partial charge in [-0.2, -0.15) is 0 Å². The van der Waals surface area contributed by atoms with Crippen LogP contribution in [0.3, 0.4) is 0 Å². The van der Waals surface area contributed by atoms with Gasteiger partial charge in [-0.15, -0.1) is 0 Å². The SMILES string of the molecule is COc1ccc(COc2ccc(NC(C)=O)cc2C(=O)C=Cc2ccc(OCc3ccccc3)cc2)cc1. The van der Waals surface area contributed by atoms with Gasteiger partial charge in [0.1, 0.15) is 30.5 Å². The second kappa shape index (κ2) is 12.9. The minimum absolute atomic E-state index is 0.222. The van der Waals surface area contributed by atoms with E-state index in [1.807, 2.05) is 78.9 Å². The number of rotatable bonds is 11. The zero-order valence-corrected chi connectivity index (χ0v) is 21.3. The van der Waals surface area contributed by atoms with E-state index in [1.54, 1.807) is 31.4 Å². The molecule has 0 aromatic heterocycles. The first-order chi connectivity index (χ1) is 18.5. The molecule has 192 valence electrons. The second-order valence-electron chi connectivity index (χ2n) is 8.57. The van der Waals surface area contributed by atoms with Gasteiger partial charge in [0, 0.05) is 12.6 Å². The van der Waals surface area contributed by atoms with E-state index in [-0.39, 0.29) is 18.3 Å². The Morgan fingerprint density at radius 3 is 2.11 bits per heavy atom. The highest BCUT2D eigenvalue weighted by Gasteiger charge is 2.13. The average Bonchev–Trinajstić information content (AvgIpc) is 2.95. The number of hydrogen-bond donors (Lipinski definition) is 1. The van der Waals surface area contributed by atoms with Gasteiger partial charge in [0.2, 0.25) is 5.91 Å². The monoisotopic (exact) mass is 507 g/mol. The molecule has 4 rings (SSSR count). The molecule has 0 radical (unpaired) electrons. The van der Waals surface area contributed by atoms with E-state index in [0.29, 0.717) is 23.6 Å². The molecule has 4 aromatic rings. The molecule has 0 atom stereocenters. The summed E-state index contributed by atoms with van der Waals surface area (Å²) in [5.41, 5.74) is 3.74. The van der Waals surface area contributed by atoms with Crippen molar-refractivity contribution in [2.45, 2.75) is 20.1 Å². The first kappa shape index (κ1) is 26.2. The van der Waals surface area contributed by atoms with Crippen LogP contribution < -0.4 is 19.5 Å². The van der Waals surface area contributed by atoms with Crippen LogP contribution in [0.4, 0.5) is 5.69 Å². The lowest BCUT2D eigenvalue weighted by molar-refractivity contribution is -0.114. The quantitative estimate of drug-likeness (QED) is 0.180. The van der Waals surface area contributed by atoms with Crippen molar-refractivity contribution in [3.05, 3.63) is 125 Å². The molecule has 6 nitrogen and oxygen atoms in total. The Bertz CT molecular complexity index is 1390. The summed E-state index contributed by atoms with van der Waals surface area (Å²) < 4.78 is 17.0. The van der Waals surface area contributed by atoms with E-state index in [4.69, 9.17) is 14.2 Å².